The van der Waals surface area contributed by atoms with Crippen LogP contribution in [0, 0.1) is 0 Å². The predicted molar refractivity (Wildman–Crippen MR) is 109 cm³/mol. The second-order valence-corrected chi connectivity index (χ2v) is 6.20. The monoisotopic (exact) mass is 321 g/mol. The van der Waals surface area contributed by atoms with E-state index in [-0.39, 0.29) is 0 Å². The number of hydrogen-bond acceptors (Lipinski definition) is 1. The number of benzene rings is 4. The minimum absolute atomic E-state index is 0.794. The molecule has 0 fully saturated rings. The molecule has 0 saturated carbocycles. The van der Waals surface area contributed by atoms with Gasteiger partial charge in [-0.25, -0.2) is 0 Å². The van der Waals surface area contributed by atoms with E-state index in [0.29, 0.717) is 0 Å². The highest BCUT2D eigenvalue weighted by molar-refractivity contribution is 6.11. The van der Waals surface area contributed by atoms with Gasteiger partial charge in [0, 0.05) is 16.8 Å². The molecule has 4 rings (SSSR count). The van der Waals surface area contributed by atoms with Crippen LogP contribution in [0.5, 0.6) is 0 Å². The van der Waals surface area contributed by atoms with Crippen molar-refractivity contribution in [2.24, 2.45) is 4.99 Å². The summed E-state index contributed by atoms with van der Waals surface area (Å²) in [6.45, 7) is 6.29. The summed E-state index contributed by atoms with van der Waals surface area (Å²) in [5.41, 5.74) is 4.01. The predicted octanol–water partition coefficient (Wildman–Crippen LogP) is 6.47. The summed E-state index contributed by atoms with van der Waals surface area (Å²) < 4.78 is 0. The van der Waals surface area contributed by atoms with Crippen molar-refractivity contribution in [1.82, 2.24) is 0 Å². The zero-order chi connectivity index (χ0) is 17.2. The van der Waals surface area contributed by atoms with Crippen molar-refractivity contribution in [2.75, 3.05) is 0 Å². The summed E-state index contributed by atoms with van der Waals surface area (Å²) in [6.07, 6.45) is 0. The Morgan fingerprint density at radius 1 is 0.640 bits per heavy atom. The summed E-state index contributed by atoms with van der Waals surface area (Å²) in [7, 11) is 0. The van der Waals surface area contributed by atoms with Crippen LogP contribution in [-0.2, 0) is 0 Å². The van der Waals surface area contributed by atoms with Gasteiger partial charge >= 0.3 is 0 Å². The molecule has 0 atom stereocenters. The van der Waals surface area contributed by atoms with Gasteiger partial charge < -0.3 is 0 Å². The molecule has 0 aromatic heterocycles. The Morgan fingerprint density at radius 2 is 1.12 bits per heavy atom. The molecule has 1 nitrogen and oxygen atoms in total. The molecular weight excluding hydrogens is 302 g/mol. The zero-order valence-electron chi connectivity index (χ0n) is 14.2. The van der Waals surface area contributed by atoms with Gasteiger partial charge in [0.15, 0.2) is 0 Å². The van der Waals surface area contributed by atoms with Crippen molar-refractivity contribution in [2.45, 2.75) is 6.92 Å². The van der Waals surface area contributed by atoms with E-state index in [1.807, 2.05) is 0 Å². The fraction of sp³-hybridized carbons (Fsp3) is 0.0417. The minimum atomic E-state index is 0.794. The minimum Gasteiger partial charge on any atom is -0.253 e. The maximum absolute atomic E-state index is 4.84. The van der Waals surface area contributed by atoms with E-state index in [4.69, 9.17) is 4.99 Å². The van der Waals surface area contributed by atoms with E-state index in [2.05, 4.69) is 98.4 Å². The van der Waals surface area contributed by atoms with Crippen LogP contribution in [0.1, 0.15) is 18.1 Å². The molecule has 0 saturated heterocycles. The molecule has 4 aromatic carbocycles. The average molecular weight is 321 g/mol. The van der Waals surface area contributed by atoms with Gasteiger partial charge in [-0.2, -0.15) is 0 Å². The van der Waals surface area contributed by atoms with Crippen LogP contribution in [0.2, 0.25) is 0 Å². The lowest BCUT2D eigenvalue weighted by Crippen LogP contribution is -1.97. The SMILES string of the molecule is C=C(N=C(C)c1cccc2ccccc12)c1cccc2ccccc12. The number of hydrogen-bond donors (Lipinski definition) is 0. The van der Waals surface area contributed by atoms with Crippen molar-refractivity contribution in [3.8, 4) is 0 Å². The van der Waals surface area contributed by atoms with Crippen LogP contribution in [0.25, 0.3) is 27.2 Å². The third kappa shape index (κ3) is 2.85. The van der Waals surface area contributed by atoms with Crippen LogP contribution in [-0.4, -0.2) is 5.71 Å². The van der Waals surface area contributed by atoms with E-state index in [9.17, 15) is 0 Å². The second-order valence-electron chi connectivity index (χ2n) is 6.20. The van der Waals surface area contributed by atoms with E-state index in [1.165, 1.54) is 21.5 Å². The first-order valence-electron chi connectivity index (χ1n) is 8.44. The van der Waals surface area contributed by atoms with E-state index >= 15 is 0 Å². The molecule has 120 valence electrons. The van der Waals surface area contributed by atoms with E-state index in [1.54, 1.807) is 0 Å². The molecule has 25 heavy (non-hydrogen) atoms. The molecule has 0 aliphatic heterocycles. The fourth-order valence-electron chi connectivity index (χ4n) is 3.34. The molecule has 0 bridgehead atoms. The van der Waals surface area contributed by atoms with Crippen LogP contribution in [0.4, 0.5) is 0 Å². The van der Waals surface area contributed by atoms with Gasteiger partial charge in [-0.15, -0.1) is 0 Å². The van der Waals surface area contributed by atoms with Crippen molar-refractivity contribution in [3.63, 3.8) is 0 Å². The average Bonchev–Trinajstić information content (AvgIpc) is 2.67. The molecule has 0 heterocycles. The van der Waals surface area contributed by atoms with Crippen molar-refractivity contribution < 1.29 is 0 Å². The highest BCUT2D eigenvalue weighted by Crippen LogP contribution is 2.26. The van der Waals surface area contributed by atoms with Crippen LogP contribution in [0.3, 0.4) is 0 Å². The van der Waals surface area contributed by atoms with E-state index < -0.39 is 0 Å². The number of nitrogens with zero attached hydrogens (tertiary/aromatic N) is 1. The zero-order valence-corrected chi connectivity index (χ0v) is 14.2. The number of rotatable bonds is 3. The van der Waals surface area contributed by atoms with Crippen LogP contribution < -0.4 is 0 Å². The van der Waals surface area contributed by atoms with Crippen LogP contribution in [0.15, 0.2) is 96.5 Å². The van der Waals surface area contributed by atoms with Gasteiger partial charge in [0.2, 0.25) is 0 Å². The topological polar surface area (TPSA) is 12.4 Å². The molecule has 0 N–H and O–H groups in total. The molecule has 0 amide bonds. The first kappa shape index (κ1) is 15.3. The Labute approximate surface area is 148 Å². The molecule has 4 aromatic rings. The Balaban J connectivity index is 1.80. The first-order chi connectivity index (χ1) is 12.2. The fourth-order valence-corrected chi connectivity index (χ4v) is 3.34. The molecule has 0 spiro atoms. The lowest BCUT2D eigenvalue weighted by molar-refractivity contribution is 1.51. The van der Waals surface area contributed by atoms with Gasteiger partial charge in [0.05, 0.1) is 5.70 Å². The van der Waals surface area contributed by atoms with Gasteiger partial charge in [0.25, 0.3) is 0 Å². The Kier molecular flexibility index (Phi) is 3.91. The molecule has 0 radical (unpaired) electrons. The normalized spacial score (nSPS) is 11.8. The Hall–Kier alpha value is -3.19. The second kappa shape index (κ2) is 6.37. The lowest BCUT2D eigenvalue weighted by Gasteiger charge is -2.09. The van der Waals surface area contributed by atoms with Crippen molar-refractivity contribution in [3.05, 3.63) is 103 Å². The Morgan fingerprint density at radius 3 is 1.76 bits per heavy atom. The summed E-state index contributed by atoms with van der Waals surface area (Å²) in [4.78, 5) is 4.84. The largest absolute Gasteiger partial charge is 0.253 e. The van der Waals surface area contributed by atoms with Crippen LogP contribution >= 0.6 is 0 Å². The highest BCUT2D eigenvalue weighted by Gasteiger charge is 2.07. The van der Waals surface area contributed by atoms with Gasteiger partial charge in [-0.3, -0.25) is 4.99 Å². The van der Waals surface area contributed by atoms with Crippen molar-refractivity contribution >= 4 is 33.0 Å². The first-order valence-corrected chi connectivity index (χ1v) is 8.44. The van der Waals surface area contributed by atoms with Crippen molar-refractivity contribution in [1.29, 1.82) is 0 Å². The van der Waals surface area contributed by atoms with E-state index in [0.717, 1.165) is 22.5 Å². The molecule has 0 unspecified atom stereocenters. The molecule has 0 aliphatic rings. The molecular formula is C24H19N. The molecule has 0 aliphatic carbocycles. The third-order valence-electron chi connectivity index (χ3n) is 4.58. The third-order valence-corrected chi connectivity index (χ3v) is 4.58. The highest BCUT2D eigenvalue weighted by atomic mass is 14.8. The number of fused-ring (bicyclic) bond motifs is 2. The van der Waals surface area contributed by atoms with Gasteiger partial charge in [0.1, 0.15) is 0 Å². The number of aliphatic imine (C=N–C) groups is 1. The summed E-state index contributed by atoms with van der Waals surface area (Å²) in [5, 5.41) is 4.84. The molecule has 1 heteroatoms. The smallest absolute Gasteiger partial charge is 0.0639 e. The lowest BCUT2D eigenvalue weighted by atomic mass is 10.0. The van der Waals surface area contributed by atoms with Gasteiger partial charge in [-0.1, -0.05) is 91.5 Å². The van der Waals surface area contributed by atoms with Gasteiger partial charge in [-0.05, 0) is 28.5 Å². The quantitative estimate of drug-likeness (QED) is 0.383. The maximum Gasteiger partial charge on any atom is 0.0639 e. The summed E-state index contributed by atoms with van der Waals surface area (Å²) in [5.74, 6) is 0. The Bertz CT molecular complexity index is 1110. The maximum atomic E-state index is 4.84. The summed E-state index contributed by atoms with van der Waals surface area (Å²) >= 11 is 0. The summed E-state index contributed by atoms with van der Waals surface area (Å²) in [6, 6.07) is 29.4. The standard InChI is InChI=1S/C24H19N/c1-17(21-15-7-11-19-9-3-5-13-23(19)21)25-18(2)22-16-8-12-20-10-4-6-14-24(20)22/h3-16H,1H2,2H3.